The van der Waals surface area contributed by atoms with Crippen molar-refractivity contribution in [3.8, 4) is 11.5 Å². The van der Waals surface area contributed by atoms with Crippen molar-refractivity contribution < 1.29 is 28.4 Å². The van der Waals surface area contributed by atoms with Crippen LogP contribution in [0.1, 0.15) is 0 Å². The van der Waals surface area contributed by atoms with Crippen LogP contribution in [0.4, 0.5) is 0 Å². The number of halogens is 2. The highest BCUT2D eigenvalue weighted by molar-refractivity contribution is 6.35. The van der Waals surface area contributed by atoms with Gasteiger partial charge in [0.1, 0.15) is 36.9 Å². The smallest absolute Gasteiger partial charge is 0.139 e. The third-order valence-electron chi connectivity index (χ3n) is 3.37. The Bertz CT molecular complexity index is 486. The summed E-state index contributed by atoms with van der Waals surface area (Å²) in [6.07, 6.45) is 0.500. The van der Waals surface area contributed by atoms with Gasteiger partial charge in [-0.3, -0.25) is 0 Å². The lowest BCUT2D eigenvalue weighted by Crippen LogP contribution is -2.11. The Balaban J connectivity index is 1.36. The van der Waals surface area contributed by atoms with Crippen molar-refractivity contribution in [3.05, 3.63) is 22.2 Å². The Labute approximate surface area is 150 Å². The molecule has 0 saturated carbocycles. The minimum absolute atomic E-state index is 0.250. The fraction of sp³-hybridized carbons (Fsp3) is 0.625. The second kappa shape index (κ2) is 9.08. The number of ether oxygens (including phenoxy) is 6. The van der Waals surface area contributed by atoms with Gasteiger partial charge >= 0.3 is 0 Å². The van der Waals surface area contributed by atoms with E-state index in [1.54, 1.807) is 12.1 Å². The first-order chi connectivity index (χ1) is 11.7. The summed E-state index contributed by atoms with van der Waals surface area (Å²) in [6.45, 7) is 4.47. The van der Waals surface area contributed by atoms with Crippen LogP contribution in [0.3, 0.4) is 0 Å². The molecule has 2 unspecified atom stereocenters. The first-order valence-corrected chi connectivity index (χ1v) is 8.61. The fourth-order valence-corrected chi connectivity index (χ4v) is 2.33. The second-order valence-corrected chi connectivity index (χ2v) is 6.28. The lowest BCUT2D eigenvalue weighted by atomic mass is 10.3. The Hall–Kier alpha value is -0.760. The first-order valence-electron chi connectivity index (χ1n) is 7.85. The van der Waals surface area contributed by atoms with Crippen molar-refractivity contribution in [2.45, 2.75) is 12.2 Å². The molecule has 1 aromatic rings. The third-order valence-corrected chi connectivity index (χ3v) is 3.96. The minimum Gasteiger partial charge on any atom is -0.490 e. The van der Waals surface area contributed by atoms with Crippen LogP contribution < -0.4 is 9.47 Å². The summed E-state index contributed by atoms with van der Waals surface area (Å²) in [4.78, 5) is 0. The number of benzene rings is 1. The minimum atomic E-state index is 0.250. The van der Waals surface area contributed by atoms with Crippen LogP contribution in [0.15, 0.2) is 12.1 Å². The zero-order valence-electron chi connectivity index (χ0n) is 13.2. The van der Waals surface area contributed by atoms with Crippen molar-refractivity contribution >= 4 is 23.2 Å². The molecule has 0 amide bonds. The maximum absolute atomic E-state index is 6.19. The number of rotatable bonds is 12. The molecule has 0 radical (unpaired) electrons. The van der Waals surface area contributed by atoms with Crippen molar-refractivity contribution in [1.29, 1.82) is 0 Å². The zero-order chi connectivity index (χ0) is 16.8. The average Bonchev–Trinajstić information content (AvgIpc) is 3.44. The van der Waals surface area contributed by atoms with Gasteiger partial charge in [0.05, 0.1) is 49.7 Å². The lowest BCUT2D eigenvalue weighted by molar-refractivity contribution is 0.0869. The maximum atomic E-state index is 6.19. The van der Waals surface area contributed by atoms with E-state index >= 15 is 0 Å². The van der Waals surface area contributed by atoms with Gasteiger partial charge in [-0.25, -0.2) is 0 Å². The molecule has 6 nitrogen and oxygen atoms in total. The summed E-state index contributed by atoms with van der Waals surface area (Å²) in [7, 11) is 0. The van der Waals surface area contributed by atoms with E-state index in [0.29, 0.717) is 61.2 Å². The molecule has 134 valence electrons. The summed E-state index contributed by atoms with van der Waals surface area (Å²) >= 11 is 12.4. The molecular formula is C16H20Cl2O6. The predicted molar refractivity (Wildman–Crippen MR) is 88.6 cm³/mol. The molecule has 0 spiro atoms. The lowest BCUT2D eigenvalue weighted by Gasteiger charge is -2.12. The fourth-order valence-electron chi connectivity index (χ4n) is 1.91. The number of hydrogen-bond acceptors (Lipinski definition) is 6. The van der Waals surface area contributed by atoms with Crippen LogP contribution in [0.5, 0.6) is 11.5 Å². The summed E-state index contributed by atoms with van der Waals surface area (Å²) in [6, 6.07) is 3.28. The van der Waals surface area contributed by atoms with Crippen molar-refractivity contribution in [3.63, 3.8) is 0 Å². The van der Waals surface area contributed by atoms with Crippen LogP contribution in [0.2, 0.25) is 10.0 Å². The second-order valence-electron chi connectivity index (χ2n) is 5.47. The zero-order valence-corrected chi connectivity index (χ0v) is 14.7. The highest BCUT2D eigenvalue weighted by Gasteiger charge is 2.22. The Morgan fingerprint density at radius 3 is 1.58 bits per heavy atom. The number of epoxide rings is 2. The molecule has 24 heavy (non-hydrogen) atoms. The van der Waals surface area contributed by atoms with Crippen LogP contribution in [-0.4, -0.2) is 65.1 Å². The van der Waals surface area contributed by atoms with Gasteiger partial charge in [-0.1, -0.05) is 23.2 Å². The number of hydrogen-bond donors (Lipinski definition) is 0. The summed E-state index contributed by atoms with van der Waals surface area (Å²) < 4.78 is 32.0. The summed E-state index contributed by atoms with van der Waals surface area (Å²) in [5.74, 6) is 1.00. The quantitative estimate of drug-likeness (QED) is 0.411. The van der Waals surface area contributed by atoms with E-state index in [4.69, 9.17) is 51.6 Å². The molecule has 2 saturated heterocycles. The molecule has 0 aliphatic carbocycles. The van der Waals surface area contributed by atoms with Crippen LogP contribution in [0, 0.1) is 0 Å². The first kappa shape index (κ1) is 18.0. The van der Waals surface area contributed by atoms with Gasteiger partial charge in [0.15, 0.2) is 0 Å². The molecule has 2 fully saturated rings. The van der Waals surface area contributed by atoms with Gasteiger partial charge in [0.25, 0.3) is 0 Å². The van der Waals surface area contributed by atoms with E-state index in [2.05, 4.69) is 0 Å². The average molecular weight is 379 g/mol. The van der Waals surface area contributed by atoms with E-state index < -0.39 is 0 Å². The summed E-state index contributed by atoms with van der Waals surface area (Å²) in [5, 5.41) is 0.874. The molecule has 0 aromatic heterocycles. The van der Waals surface area contributed by atoms with Crippen LogP contribution in [0.25, 0.3) is 0 Å². The molecule has 2 heterocycles. The molecule has 2 aliphatic rings. The highest BCUT2D eigenvalue weighted by atomic mass is 35.5. The molecule has 2 aliphatic heterocycles. The Kier molecular flexibility index (Phi) is 6.83. The van der Waals surface area contributed by atoms with E-state index in [-0.39, 0.29) is 12.2 Å². The van der Waals surface area contributed by atoms with Gasteiger partial charge in [0.2, 0.25) is 0 Å². The van der Waals surface area contributed by atoms with Gasteiger partial charge in [-0.15, -0.1) is 0 Å². The van der Waals surface area contributed by atoms with Crippen molar-refractivity contribution in [1.82, 2.24) is 0 Å². The topological polar surface area (TPSA) is 62.0 Å². The molecule has 0 N–H and O–H groups in total. The normalized spacial score (nSPS) is 21.6. The van der Waals surface area contributed by atoms with Crippen LogP contribution >= 0.6 is 23.2 Å². The van der Waals surface area contributed by atoms with Crippen LogP contribution in [-0.2, 0) is 18.9 Å². The molecule has 2 atom stereocenters. The van der Waals surface area contributed by atoms with E-state index in [1.165, 1.54) is 0 Å². The van der Waals surface area contributed by atoms with E-state index in [0.717, 1.165) is 13.2 Å². The van der Waals surface area contributed by atoms with Crippen molar-refractivity contribution in [2.75, 3.05) is 52.9 Å². The highest BCUT2D eigenvalue weighted by Crippen LogP contribution is 2.35. The molecular weight excluding hydrogens is 359 g/mol. The van der Waals surface area contributed by atoms with Gasteiger partial charge in [0, 0.05) is 12.1 Å². The third kappa shape index (κ3) is 6.27. The van der Waals surface area contributed by atoms with Crippen molar-refractivity contribution in [2.24, 2.45) is 0 Å². The molecule has 0 bridgehead atoms. The van der Waals surface area contributed by atoms with Gasteiger partial charge < -0.3 is 28.4 Å². The molecule has 1 aromatic carbocycles. The van der Waals surface area contributed by atoms with Gasteiger partial charge in [-0.2, -0.15) is 0 Å². The largest absolute Gasteiger partial charge is 0.490 e. The van der Waals surface area contributed by atoms with E-state index in [1.807, 2.05) is 0 Å². The predicted octanol–water partition coefficient (Wildman–Crippen LogP) is 2.58. The standard InChI is InChI=1S/C16H20Cl2O6/c17-13-6-16(22-4-2-20-8-12-10-24-12)14(18)5-15(13)21-3-1-19-7-11-9-23-11/h5-6,11-12H,1-4,7-10H2. The molecule has 8 heteroatoms. The molecule has 3 rings (SSSR count). The Morgan fingerprint density at radius 2 is 1.21 bits per heavy atom. The Morgan fingerprint density at radius 1 is 0.792 bits per heavy atom. The van der Waals surface area contributed by atoms with Gasteiger partial charge in [-0.05, 0) is 0 Å². The monoisotopic (exact) mass is 378 g/mol. The SMILES string of the molecule is Clc1cc(OCCOCC2CO2)c(Cl)cc1OCCOCC1CO1. The van der Waals surface area contributed by atoms with E-state index in [9.17, 15) is 0 Å². The summed E-state index contributed by atoms with van der Waals surface area (Å²) in [5.41, 5.74) is 0. The maximum Gasteiger partial charge on any atom is 0.139 e.